The van der Waals surface area contributed by atoms with E-state index in [1.54, 1.807) is 0 Å². The molecule has 0 aliphatic rings. The van der Waals surface area contributed by atoms with Crippen LogP contribution in [-0.4, -0.2) is 6.54 Å². The first-order chi connectivity index (χ1) is 7.72. The fraction of sp³-hybridized carbons (Fsp3) is 0.385. The highest BCUT2D eigenvalue weighted by Crippen LogP contribution is 2.10. The quantitative estimate of drug-likeness (QED) is 0.401. The fourth-order valence-corrected chi connectivity index (χ4v) is 1.51. The Hall–Kier alpha value is -1.73. The van der Waals surface area contributed by atoms with E-state index in [1.807, 2.05) is 12.2 Å². The summed E-state index contributed by atoms with van der Waals surface area (Å²) in [7, 11) is 0. The van der Waals surface area contributed by atoms with Crippen LogP contribution in [0.25, 0.3) is 16.5 Å². The third-order valence-electron chi connectivity index (χ3n) is 2.18. The maximum atomic E-state index is 8.11. The largest absolute Gasteiger partial charge is 0.0899 e. The van der Waals surface area contributed by atoms with Crippen molar-refractivity contribution in [3.05, 3.63) is 51.9 Å². The molecule has 0 bridgehead atoms. The predicted octanol–water partition coefficient (Wildman–Crippen LogP) is 4.21. The molecule has 0 fully saturated rings. The van der Waals surface area contributed by atoms with Crippen LogP contribution in [0.15, 0.2) is 35.5 Å². The molecule has 1 aromatic rings. The number of hydrogen-bond donors (Lipinski definition) is 0. The first kappa shape index (κ1) is 12.3. The van der Waals surface area contributed by atoms with Gasteiger partial charge in [0.05, 0.1) is 0 Å². The van der Waals surface area contributed by atoms with Crippen LogP contribution in [0.1, 0.15) is 25.0 Å². The first-order valence-corrected chi connectivity index (χ1v) is 5.48. The van der Waals surface area contributed by atoms with E-state index in [0.717, 1.165) is 12.0 Å². The molecule has 3 heteroatoms. The Morgan fingerprint density at radius 3 is 2.56 bits per heavy atom. The Balaban J connectivity index is 2.57. The zero-order valence-electron chi connectivity index (χ0n) is 9.80. The number of benzene rings is 1. The number of nitrogens with zero attached hydrogens (tertiary/aromatic N) is 3. The van der Waals surface area contributed by atoms with E-state index < -0.39 is 0 Å². The third-order valence-corrected chi connectivity index (χ3v) is 2.18. The van der Waals surface area contributed by atoms with Crippen molar-refractivity contribution in [3.63, 3.8) is 0 Å². The highest BCUT2D eigenvalue weighted by molar-refractivity contribution is 5.49. The van der Waals surface area contributed by atoms with Gasteiger partial charge in [-0.05, 0) is 29.0 Å². The molecule has 0 N–H and O–H groups in total. The number of hydrogen-bond acceptors (Lipinski definition) is 1. The van der Waals surface area contributed by atoms with Gasteiger partial charge in [0.25, 0.3) is 0 Å². The summed E-state index contributed by atoms with van der Waals surface area (Å²) in [5.74, 6) is 0.686. The summed E-state index contributed by atoms with van der Waals surface area (Å²) < 4.78 is 0. The Kier molecular flexibility index (Phi) is 5.17. The molecule has 0 aromatic heterocycles. The van der Waals surface area contributed by atoms with Crippen LogP contribution in [0.4, 0.5) is 0 Å². The molecule has 1 rings (SSSR count). The Morgan fingerprint density at radius 2 is 2.00 bits per heavy atom. The molecule has 0 unspecified atom stereocenters. The summed E-state index contributed by atoms with van der Waals surface area (Å²) >= 11 is 0. The molecule has 0 atom stereocenters. The molecule has 0 amide bonds. The predicted molar refractivity (Wildman–Crippen MR) is 68.0 cm³/mol. The van der Waals surface area contributed by atoms with Crippen LogP contribution in [0.5, 0.6) is 0 Å². The number of azide groups is 1. The second-order valence-corrected chi connectivity index (χ2v) is 4.16. The molecule has 0 aliphatic carbocycles. The zero-order valence-corrected chi connectivity index (χ0v) is 9.80. The Labute approximate surface area is 96.4 Å². The topological polar surface area (TPSA) is 48.8 Å². The van der Waals surface area contributed by atoms with E-state index in [2.05, 4.69) is 48.1 Å². The minimum Gasteiger partial charge on any atom is -0.0899 e. The number of rotatable bonds is 5. The van der Waals surface area contributed by atoms with E-state index >= 15 is 0 Å². The van der Waals surface area contributed by atoms with Crippen LogP contribution in [0.2, 0.25) is 0 Å². The van der Waals surface area contributed by atoms with Gasteiger partial charge in [0.15, 0.2) is 0 Å². The van der Waals surface area contributed by atoms with E-state index in [-0.39, 0.29) is 0 Å². The van der Waals surface area contributed by atoms with Crippen LogP contribution in [-0.2, 0) is 6.42 Å². The van der Waals surface area contributed by atoms with Gasteiger partial charge in [-0.25, -0.2) is 0 Å². The minimum atomic E-state index is 0.407. The second kappa shape index (κ2) is 6.70. The summed E-state index contributed by atoms with van der Waals surface area (Å²) in [5, 5.41) is 3.44. The SMILES string of the molecule is CC(C)Cc1ccc(C=CCN=[N+]=[N-])cc1. The Morgan fingerprint density at radius 1 is 1.31 bits per heavy atom. The molecule has 1 aromatic carbocycles. The molecular weight excluding hydrogens is 198 g/mol. The van der Waals surface area contributed by atoms with Gasteiger partial charge in [-0.3, -0.25) is 0 Å². The molecule has 16 heavy (non-hydrogen) atoms. The highest BCUT2D eigenvalue weighted by Gasteiger charge is 1.96. The maximum absolute atomic E-state index is 8.11. The summed E-state index contributed by atoms with van der Waals surface area (Å²) in [4.78, 5) is 2.69. The smallest absolute Gasteiger partial charge is 0.0443 e. The van der Waals surface area contributed by atoms with Gasteiger partial charge >= 0.3 is 0 Å². The van der Waals surface area contributed by atoms with Gasteiger partial charge in [-0.1, -0.05) is 55.4 Å². The maximum Gasteiger partial charge on any atom is 0.0443 e. The molecule has 0 radical (unpaired) electrons. The average molecular weight is 215 g/mol. The summed E-state index contributed by atoms with van der Waals surface area (Å²) in [6.45, 7) is 4.84. The molecule has 84 valence electrons. The minimum absolute atomic E-state index is 0.407. The molecule has 0 saturated heterocycles. The van der Waals surface area contributed by atoms with E-state index in [4.69, 9.17) is 5.53 Å². The van der Waals surface area contributed by atoms with Crippen LogP contribution < -0.4 is 0 Å². The Bertz CT molecular complexity index is 384. The van der Waals surface area contributed by atoms with Crippen LogP contribution >= 0.6 is 0 Å². The van der Waals surface area contributed by atoms with Crippen molar-refractivity contribution >= 4 is 6.08 Å². The van der Waals surface area contributed by atoms with Crippen molar-refractivity contribution in [2.45, 2.75) is 20.3 Å². The third kappa shape index (κ3) is 4.67. The van der Waals surface area contributed by atoms with Gasteiger partial charge in [-0.2, -0.15) is 0 Å². The molecular formula is C13H17N3. The molecule has 3 nitrogen and oxygen atoms in total. The molecule has 0 spiro atoms. The lowest BCUT2D eigenvalue weighted by atomic mass is 10.0. The van der Waals surface area contributed by atoms with Gasteiger partial charge in [0, 0.05) is 11.5 Å². The lowest BCUT2D eigenvalue weighted by Crippen LogP contribution is -1.93. The average Bonchev–Trinajstić information content (AvgIpc) is 2.26. The van der Waals surface area contributed by atoms with Crippen molar-refractivity contribution in [1.29, 1.82) is 0 Å². The summed E-state index contributed by atoms with van der Waals surface area (Å²) in [6, 6.07) is 8.47. The van der Waals surface area contributed by atoms with E-state index in [1.165, 1.54) is 5.56 Å². The van der Waals surface area contributed by atoms with E-state index in [0.29, 0.717) is 12.5 Å². The summed E-state index contributed by atoms with van der Waals surface area (Å²) in [5.41, 5.74) is 10.6. The summed E-state index contributed by atoms with van der Waals surface area (Å²) in [6.07, 6.45) is 4.94. The fourth-order valence-electron chi connectivity index (χ4n) is 1.51. The van der Waals surface area contributed by atoms with E-state index in [9.17, 15) is 0 Å². The molecule has 0 saturated carbocycles. The monoisotopic (exact) mass is 215 g/mol. The van der Waals surface area contributed by atoms with Crippen molar-refractivity contribution < 1.29 is 0 Å². The van der Waals surface area contributed by atoms with Gasteiger partial charge in [0.2, 0.25) is 0 Å². The van der Waals surface area contributed by atoms with Crippen molar-refractivity contribution in [3.8, 4) is 0 Å². The van der Waals surface area contributed by atoms with Crippen LogP contribution in [0.3, 0.4) is 0 Å². The molecule has 0 aliphatic heterocycles. The second-order valence-electron chi connectivity index (χ2n) is 4.16. The lowest BCUT2D eigenvalue weighted by molar-refractivity contribution is 0.647. The van der Waals surface area contributed by atoms with Gasteiger partial charge in [-0.15, -0.1) is 0 Å². The van der Waals surface area contributed by atoms with Gasteiger partial charge < -0.3 is 0 Å². The van der Waals surface area contributed by atoms with Crippen molar-refractivity contribution in [2.75, 3.05) is 6.54 Å². The lowest BCUT2D eigenvalue weighted by Gasteiger charge is -2.04. The highest BCUT2D eigenvalue weighted by atomic mass is 15.1. The normalized spacial score (nSPS) is 10.7. The first-order valence-electron chi connectivity index (χ1n) is 5.48. The van der Waals surface area contributed by atoms with Gasteiger partial charge in [0.1, 0.15) is 0 Å². The van der Waals surface area contributed by atoms with Crippen molar-refractivity contribution in [2.24, 2.45) is 11.0 Å². The standard InChI is InChI=1S/C13H17N3/c1-11(2)10-13-7-5-12(6-8-13)4-3-9-15-16-14/h3-8,11H,9-10H2,1-2H3. The zero-order chi connectivity index (χ0) is 11.8. The van der Waals surface area contributed by atoms with Crippen molar-refractivity contribution in [1.82, 2.24) is 0 Å². The van der Waals surface area contributed by atoms with Crippen LogP contribution in [0, 0.1) is 5.92 Å². The molecule has 0 heterocycles.